The number of aromatic nitrogens is 2. The Kier molecular flexibility index (Phi) is 4.79. The molecule has 126 valence electrons. The highest BCUT2D eigenvalue weighted by Gasteiger charge is 2.25. The molecule has 3 rings (SSSR count). The molecule has 1 N–H and O–H groups in total. The number of benzene rings is 1. The van der Waals surface area contributed by atoms with Gasteiger partial charge in [-0.15, -0.1) is 0 Å². The fourth-order valence-electron chi connectivity index (χ4n) is 2.48. The zero-order valence-electron chi connectivity index (χ0n) is 14.4. The lowest BCUT2D eigenvalue weighted by Gasteiger charge is -2.15. The van der Waals surface area contributed by atoms with E-state index in [9.17, 15) is 4.79 Å². The molecule has 1 unspecified atom stereocenters. The van der Waals surface area contributed by atoms with E-state index >= 15 is 0 Å². The average molecular weight is 325 g/mol. The summed E-state index contributed by atoms with van der Waals surface area (Å²) in [6, 6.07) is 7.81. The molecule has 1 aliphatic carbocycles. The Morgan fingerprint density at radius 3 is 2.75 bits per heavy atom. The predicted octanol–water partition coefficient (Wildman–Crippen LogP) is 3.05. The fourth-order valence-corrected chi connectivity index (χ4v) is 2.48. The number of nitrogens with one attached hydrogen (secondary N) is 1. The van der Waals surface area contributed by atoms with Crippen LogP contribution in [0.4, 0.5) is 0 Å². The molecule has 1 aromatic heterocycles. The van der Waals surface area contributed by atoms with E-state index in [1.165, 1.54) is 18.4 Å². The number of hydrogen-bond acceptors (Lipinski definition) is 4. The number of amides is 1. The van der Waals surface area contributed by atoms with Gasteiger partial charge in [-0.2, -0.15) is 0 Å². The zero-order chi connectivity index (χ0) is 17.1. The van der Waals surface area contributed by atoms with Crippen molar-refractivity contribution in [1.29, 1.82) is 0 Å². The molecule has 0 spiro atoms. The first kappa shape index (κ1) is 16.4. The smallest absolute Gasteiger partial charge is 0.261 e. The number of rotatable bonds is 6. The first-order valence-corrected chi connectivity index (χ1v) is 8.35. The van der Waals surface area contributed by atoms with Gasteiger partial charge in [-0.25, -0.2) is 9.97 Å². The second kappa shape index (κ2) is 6.99. The van der Waals surface area contributed by atoms with E-state index in [0.717, 1.165) is 17.0 Å². The van der Waals surface area contributed by atoms with E-state index in [2.05, 4.69) is 15.3 Å². The van der Waals surface area contributed by atoms with Gasteiger partial charge in [-0.1, -0.05) is 6.07 Å². The van der Waals surface area contributed by atoms with Gasteiger partial charge in [0.25, 0.3) is 5.91 Å². The maximum Gasteiger partial charge on any atom is 0.261 e. The molecule has 1 fully saturated rings. The maximum absolute atomic E-state index is 12.2. The summed E-state index contributed by atoms with van der Waals surface area (Å²) in [5.74, 6) is 1.13. The highest BCUT2D eigenvalue weighted by molar-refractivity contribution is 5.80. The second-order valence-corrected chi connectivity index (χ2v) is 6.43. The lowest BCUT2D eigenvalue weighted by molar-refractivity contribution is -0.127. The molecular weight excluding hydrogens is 302 g/mol. The van der Waals surface area contributed by atoms with Crippen LogP contribution < -0.4 is 10.1 Å². The van der Waals surface area contributed by atoms with Gasteiger partial charge in [0.2, 0.25) is 0 Å². The molecule has 24 heavy (non-hydrogen) atoms. The summed E-state index contributed by atoms with van der Waals surface area (Å²) >= 11 is 0. The van der Waals surface area contributed by atoms with Crippen LogP contribution in [0.5, 0.6) is 5.75 Å². The maximum atomic E-state index is 12.2. The van der Waals surface area contributed by atoms with Gasteiger partial charge < -0.3 is 10.1 Å². The van der Waals surface area contributed by atoms with E-state index in [4.69, 9.17) is 4.74 Å². The Balaban J connectivity index is 1.54. The molecule has 0 radical (unpaired) electrons. The minimum atomic E-state index is -0.558. The predicted molar refractivity (Wildman–Crippen MR) is 91.9 cm³/mol. The van der Waals surface area contributed by atoms with Crippen LogP contribution in [0, 0.1) is 13.8 Å². The number of aryl methyl sites for hydroxylation is 2. The molecule has 1 aromatic carbocycles. The van der Waals surface area contributed by atoms with Crippen molar-refractivity contribution >= 4 is 5.91 Å². The Bertz CT molecular complexity index is 741. The Morgan fingerprint density at radius 2 is 2.04 bits per heavy atom. The molecule has 0 bridgehead atoms. The normalized spacial score (nSPS) is 15.0. The van der Waals surface area contributed by atoms with Crippen molar-refractivity contribution in [3.05, 3.63) is 53.1 Å². The largest absolute Gasteiger partial charge is 0.481 e. The number of nitrogens with zero attached hydrogens (tertiary/aromatic N) is 2. The van der Waals surface area contributed by atoms with Crippen molar-refractivity contribution in [3.8, 4) is 5.75 Å². The first-order chi connectivity index (χ1) is 11.5. The molecule has 2 aromatic rings. The topological polar surface area (TPSA) is 64.1 Å². The van der Waals surface area contributed by atoms with Crippen LogP contribution in [-0.2, 0) is 11.3 Å². The van der Waals surface area contributed by atoms with Crippen LogP contribution in [0.3, 0.4) is 0 Å². The zero-order valence-corrected chi connectivity index (χ0v) is 14.4. The van der Waals surface area contributed by atoms with Gasteiger partial charge in [0.05, 0.1) is 12.2 Å². The van der Waals surface area contributed by atoms with Crippen LogP contribution in [0.25, 0.3) is 0 Å². The third-order valence-corrected chi connectivity index (χ3v) is 4.34. The summed E-state index contributed by atoms with van der Waals surface area (Å²) in [6.45, 7) is 6.22. The van der Waals surface area contributed by atoms with E-state index in [0.29, 0.717) is 18.2 Å². The van der Waals surface area contributed by atoms with Crippen molar-refractivity contribution in [2.75, 3.05) is 0 Å². The first-order valence-electron chi connectivity index (χ1n) is 8.35. The average Bonchev–Trinajstić information content (AvgIpc) is 3.41. The van der Waals surface area contributed by atoms with Gasteiger partial charge in [0, 0.05) is 11.6 Å². The lowest BCUT2D eigenvalue weighted by atomic mass is 10.1. The summed E-state index contributed by atoms with van der Waals surface area (Å²) in [4.78, 5) is 20.7. The molecule has 5 nitrogen and oxygen atoms in total. The summed E-state index contributed by atoms with van der Waals surface area (Å²) < 4.78 is 5.73. The summed E-state index contributed by atoms with van der Waals surface area (Å²) in [5, 5.41) is 2.88. The second-order valence-electron chi connectivity index (χ2n) is 6.43. The fraction of sp³-hybridized carbons (Fsp3) is 0.421. The standard InChI is InChI=1S/C19H23N3O2/c1-12-4-7-17(8-13(12)2)24-14(3)19(23)20-10-16-9-18(15-5-6-15)22-11-21-16/h4,7-9,11,14-15H,5-6,10H2,1-3H3,(H,20,23). The lowest BCUT2D eigenvalue weighted by Crippen LogP contribution is -2.36. The van der Waals surface area contributed by atoms with Crippen molar-refractivity contribution in [3.63, 3.8) is 0 Å². The molecule has 5 heteroatoms. The van der Waals surface area contributed by atoms with Crippen molar-refractivity contribution in [2.24, 2.45) is 0 Å². The monoisotopic (exact) mass is 325 g/mol. The molecule has 1 heterocycles. The number of carbonyl (C=O) groups excluding carboxylic acids is 1. The SMILES string of the molecule is Cc1ccc(OC(C)C(=O)NCc2cc(C3CC3)ncn2)cc1C. The number of ether oxygens (including phenoxy) is 1. The molecule has 1 amide bonds. The van der Waals surface area contributed by atoms with Crippen LogP contribution in [-0.4, -0.2) is 22.0 Å². The summed E-state index contributed by atoms with van der Waals surface area (Å²) in [6.07, 6.45) is 3.41. The van der Waals surface area contributed by atoms with E-state index in [1.807, 2.05) is 38.1 Å². The third-order valence-electron chi connectivity index (χ3n) is 4.34. The van der Waals surface area contributed by atoms with E-state index in [1.54, 1.807) is 13.3 Å². The van der Waals surface area contributed by atoms with Crippen molar-refractivity contribution < 1.29 is 9.53 Å². The minimum Gasteiger partial charge on any atom is -0.481 e. The number of hydrogen-bond donors (Lipinski definition) is 1. The highest BCUT2D eigenvalue weighted by atomic mass is 16.5. The van der Waals surface area contributed by atoms with E-state index in [-0.39, 0.29) is 5.91 Å². The summed E-state index contributed by atoms with van der Waals surface area (Å²) in [7, 11) is 0. The molecule has 0 aliphatic heterocycles. The molecule has 1 aliphatic rings. The van der Waals surface area contributed by atoms with Gasteiger partial charge in [-0.3, -0.25) is 4.79 Å². The molecular formula is C19H23N3O2. The van der Waals surface area contributed by atoms with Crippen molar-refractivity contribution in [1.82, 2.24) is 15.3 Å². The van der Waals surface area contributed by atoms with Crippen LogP contribution in [0.15, 0.2) is 30.6 Å². The van der Waals surface area contributed by atoms with Gasteiger partial charge in [0.15, 0.2) is 6.10 Å². The Labute approximate surface area is 142 Å². The minimum absolute atomic E-state index is 0.153. The van der Waals surface area contributed by atoms with Gasteiger partial charge >= 0.3 is 0 Å². The molecule has 1 atom stereocenters. The quantitative estimate of drug-likeness (QED) is 0.886. The molecule has 0 saturated heterocycles. The summed E-state index contributed by atoms with van der Waals surface area (Å²) in [5.41, 5.74) is 4.26. The van der Waals surface area contributed by atoms with Crippen molar-refractivity contribution in [2.45, 2.75) is 52.2 Å². The number of carbonyl (C=O) groups is 1. The third kappa shape index (κ3) is 4.10. The van der Waals surface area contributed by atoms with Crippen LogP contribution in [0.2, 0.25) is 0 Å². The molecule has 1 saturated carbocycles. The Morgan fingerprint density at radius 1 is 1.25 bits per heavy atom. The van der Waals surface area contributed by atoms with Crippen LogP contribution >= 0.6 is 0 Å². The van der Waals surface area contributed by atoms with Gasteiger partial charge in [0.1, 0.15) is 12.1 Å². The Hall–Kier alpha value is -2.43. The highest BCUT2D eigenvalue weighted by Crippen LogP contribution is 2.38. The van der Waals surface area contributed by atoms with Gasteiger partial charge in [-0.05, 0) is 62.9 Å². The van der Waals surface area contributed by atoms with E-state index < -0.39 is 6.10 Å². The van der Waals surface area contributed by atoms with Crippen LogP contribution in [0.1, 0.15) is 48.2 Å².